The van der Waals surface area contributed by atoms with Crippen LogP contribution in [-0.4, -0.2) is 24.2 Å². The molecule has 1 aliphatic heterocycles. The molecule has 114 valence electrons. The maximum Gasteiger partial charge on any atom is 0.328 e. The zero-order valence-electron chi connectivity index (χ0n) is 13.0. The van der Waals surface area contributed by atoms with E-state index in [0.29, 0.717) is 5.41 Å². The maximum atomic E-state index is 10.6. The highest BCUT2D eigenvalue weighted by molar-refractivity contribution is 5.85. The van der Waals surface area contributed by atoms with E-state index in [1.807, 2.05) is 12.1 Å². The molecule has 0 atom stereocenters. The molecule has 21 heavy (non-hydrogen) atoms. The van der Waals surface area contributed by atoms with Crippen molar-refractivity contribution < 1.29 is 9.90 Å². The first-order valence-electron chi connectivity index (χ1n) is 7.84. The molecule has 3 nitrogen and oxygen atoms in total. The number of hydrogen-bond acceptors (Lipinski definition) is 2. The van der Waals surface area contributed by atoms with Crippen molar-refractivity contribution in [3.63, 3.8) is 0 Å². The summed E-state index contributed by atoms with van der Waals surface area (Å²) in [5, 5.41) is 8.70. The fourth-order valence-electron chi connectivity index (χ4n) is 3.44. The van der Waals surface area contributed by atoms with Gasteiger partial charge in [-0.3, -0.25) is 0 Å². The largest absolute Gasteiger partial charge is 0.478 e. The van der Waals surface area contributed by atoms with Crippen molar-refractivity contribution in [2.75, 3.05) is 18.0 Å². The molecule has 1 N–H and O–H groups in total. The molecule has 1 aromatic rings. The average molecular weight is 287 g/mol. The molecule has 1 heterocycles. The van der Waals surface area contributed by atoms with E-state index in [1.165, 1.54) is 37.4 Å². The molecule has 0 bridgehead atoms. The van der Waals surface area contributed by atoms with E-state index in [4.69, 9.17) is 5.11 Å². The highest BCUT2D eigenvalue weighted by atomic mass is 16.4. The second-order valence-electron chi connectivity index (χ2n) is 6.12. The lowest BCUT2D eigenvalue weighted by molar-refractivity contribution is -0.131. The molecule has 0 aromatic heterocycles. The molecule has 0 unspecified atom stereocenters. The third-order valence-electron chi connectivity index (χ3n) is 4.27. The molecule has 3 heteroatoms. The smallest absolute Gasteiger partial charge is 0.328 e. The van der Waals surface area contributed by atoms with Crippen molar-refractivity contribution in [2.24, 2.45) is 5.41 Å². The van der Waals surface area contributed by atoms with Crippen LogP contribution < -0.4 is 4.90 Å². The van der Waals surface area contributed by atoms with Gasteiger partial charge in [-0.1, -0.05) is 38.8 Å². The van der Waals surface area contributed by atoms with E-state index >= 15 is 0 Å². The van der Waals surface area contributed by atoms with Crippen molar-refractivity contribution >= 4 is 17.7 Å². The summed E-state index contributed by atoms with van der Waals surface area (Å²) < 4.78 is 0. The van der Waals surface area contributed by atoms with Crippen molar-refractivity contribution in [1.29, 1.82) is 0 Å². The second kappa shape index (κ2) is 6.79. The van der Waals surface area contributed by atoms with E-state index in [1.54, 1.807) is 6.08 Å². The van der Waals surface area contributed by atoms with E-state index in [2.05, 4.69) is 30.9 Å². The fraction of sp³-hybridized carbons (Fsp3) is 0.500. The van der Waals surface area contributed by atoms with Crippen LogP contribution in [-0.2, 0) is 4.79 Å². The number of aliphatic carboxylic acids is 1. The Morgan fingerprint density at radius 2 is 1.95 bits per heavy atom. The van der Waals surface area contributed by atoms with Gasteiger partial charge in [0.2, 0.25) is 0 Å². The lowest BCUT2D eigenvalue weighted by atomic mass is 9.72. The van der Waals surface area contributed by atoms with Gasteiger partial charge in [0.05, 0.1) is 0 Å². The number of anilines is 1. The van der Waals surface area contributed by atoms with Gasteiger partial charge in [-0.05, 0) is 36.6 Å². The summed E-state index contributed by atoms with van der Waals surface area (Å²) in [4.78, 5) is 13.0. The second-order valence-corrected chi connectivity index (χ2v) is 6.12. The van der Waals surface area contributed by atoms with Crippen LogP contribution in [0.5, 0.6) is 0 Å². The number of rotatable bonds is 7. The van der Waals surface area contributed by atoms with Gasteiger partial charge in [-0.25, -0.2) is 4.79 Å². The molecule has 0 amide bonds. The molecular formula is C18H25NO2. The maximum absolute atomic E-state index is 10.6. The summed E-state index contributed by atoms with van der Waals surface area (Å²) in [7, 11) is 0. The number of nitrogens with zero attached hydrogens (tertiary/aromatic N) is 1. The molecule has 0 spiro atoms. The van der Waals surface area contributed by atoms with Gasteiger partial charge in [0.1, 0.15) is 0 Å². The SMILES string of the molecule is CCCC1(CCC)CN(c2cccc(/C=C/C(=O)O)c2)C1. The summed E-state index contributed by atoms with van der Waals surface area (Å²) in [6.45, 7) is 6.77. The van der Waals surface area contributed by atoms with E-state index in [9.17, 15) is 4.79 Å². The van der Waals surface area contributed by atoms with Crippen LogP contribution in [0.4, 0.5) is 5.69 Å². The minimum atomic E-state index is -0.908. The Kier molecular flexibility index (Phi) is 5.05. The van der Waals surface area contributed by atoms with Crippen molar-refractivity contribution in [3.8, 4) is 0 Å². The third-order valence-corrected chi connectivity index (χ3v) is 4.27. The summed E-state index contributed by atoms with van der Waals surface area (Å²) in [5.74, 6) is -0.908. The number of carboxylic acids is 1. The van der Waals surface area contributed by atoms with Crippen LogP contribution in [0.25, 0.3) is 6.08 Å². The zero-order valence-corrected chi connectivity index (χ0v) is 13.0. The Bertz CT molecular complexity index is 508. The molecule has 0 saturated carbocycles. The first-order chi connectivity index (χ1) is 10.1. The lowest BCUT2D eigenvalue weighted by Gasteiger charge is -2.52. The predicted octanol–water partition coefficient (Wildman–Crippen LogP) is 4.19. The predicted molar refractivity (Wildman–Crippen MR) is 87.6 cm³/mol. The Morgan fingerprint density at radius 3 is 2.52 bits per heavy atom. The Labute approximate surface area is 127 Å². The van der Waals surface area contributed by atoms with Gasteiger partial charge in [0.15, 0.2) is 0 Å². The Hall–Kier alpha value is -1.77. The zero-order chi connectivity index (χ0) is 15.3. The molecule has 0 radical (unpaired) electrons. The summed E-state index contributed by atoms with van der Waals surface area (Å²) in [6, 6.07) is 8.12. The van der Waals surface area contributed by atoms with Gasteiger partial charge in [-0.15, -0.1) is 0 Å². The van der Waals surface area contributed by atoms with E-state index in [-0.39, 0.29) is 0 Å². The minimum Gasteiger partial charge on any atom is -0.478 e. The fourth-order valence-corrected chi connectivity index (χ4v) is 3.44. The van der Waals surface area contributed by atoms with Crippen LogP contribution in [0.15, 0.2) is 30.3 Å². The molecule has 1 aromatic carbocycles. The number of carboxylic acid groups (broad SMARTS) is 1. The van der Waals surface area contributed by atoms with Crippen molar-refractivity contribution in [3.05, 3.63) is 35.9 Å². The number of carbonyl (C=O) groups is 1. The van der Waals surface area contributed by atoms with Gasteiger partial charge < -0.3 is 10.0 Å². The Balaban J connectivity index is 2.04. The van der Waals surface area contributed by atoms with Crippen LogP contribution >= 0.6 is 0 Å². The van der Waals surface area contributed by atoms with Crippen LogP contribution in [0.3, 0.4) is 0 Å². The van der Waals surface area contributed by atoms with Gasteiger partial charge in [0, 0.05) is 30.3 Å². The molecule has 2 rings (SSSR count). The van der Waals surface area contributed by atoms with Crippen molar-refractivity contribution in [2.45, 2.75) is 39.5 Å². The monoisotopic (exact) mass is 287 g/mol. The standard InChI is InChI=1S/C18H25NO2/c1-3-10-18(11-4-2)13-19(14-18)16-7-5-6-15(12-16)8-9-17(20)21/h5-9,12H,3-4,10-11,13-14H2,1-2H3,(H,20,21)/b9-8+. The average Bonchev–Trinajstić information content (AvgIpc) is 2.42. The van der Waals surface area contributed by atoms with Crippen molar-refractivity contribution in [1.82, 2.24) is 0 Å². The van der Waals surface area contributed by atoms with Gasteiger partial charge in [-0.2, -0.15) is 0 Å². The highest BCUT2D eigenvalue weighted by Crippen LogP contribution is 2.42. The Morgan fingerprint density at radius 1 is 1.29 bits per heavy atom. The van der Waals surface area contributed by atoms with Crippen LogP contribution in [0, 0.1) is 5.41 Å². The summed E-state index contributed by atoms with van der Waals surface area (Å²) in [5.41, 5.74) is 2.64. The first-order valence-corrected chi connectivity index (χ1v) is 7.84. The topological polar surface area (TPSA) is 40.5 Å². The minimum absolute atomic E-state index is 0.496. The normalized spacial score (nSPS) is 17.0. The van der Waals surface area contributed by atoms with Crippen LogP contribution in [0.1, 0.15) is 45.1 Å². The third kappa shape index (κ3) is 3.87. The number of benzene rings is 1. The molecule has 1 saturated heterocycles. The van der Waals surface area contributed by atoms with E-state index in [0.717, 1.165) is 18.7 Å². The lowest BCUT2D eigenvalue weighted by Crippen LogP contribution is -2.56. The first kappa shape index (κ1) is 15.6. The quantitative estimate of drug-likeness (QED) is 0.764. The molecule has 0 aliphatic carbocycles. The van der Waals surface area contributed by atoms with Crippen LogP contribution in [0.2, 0.25) is 0 Å². The molecular weight excluding hydrogens is 262 g/mol. The molecule has 1 fully saturated rings. The number of hydrogen-bond donors (Lipinski definition) is 1. The van der Waals surface area contributed by atoms with Gasteiger partial charge in [0.25, 0.3) is 0 Å². The van der Waals surface area contributed by atoms with E-state index < -0.39 is 5.97 Å². The summed E-state index contributed by atoms with van der Waals surface area (Å²) >= 11 is 0. The van der Waals surface area contributed by atoms with Gasteiger partial charge >= 0.3 is 5.97 Å². The highest BCUT2D eigenvalue weighted by Gasteiger charge is 2.41. The molecule has 1 aliphatic rings. The summed E-state index contributed by atoms with van der Waals surface area (Å²) in [6.07, 6.45) is 7.93.